The number of methoxy groups -OCH3 is 1. The predicted octanol–water partition coefficient (Wildman–Crippen LogP) is 5.04. The number of rotatable bonds is 8. The van der Waals surface area contributed by atoms with E-state index in [-0.39, 0.29) is 5.91 Å². The molecule has 0 atom stereocenters. The number of thiocarbonyl (C=S) groups is 1. The van der Waals surface area contributed by atoms with Crippen molar-refractivity contribution in [3.8, 4) is 11.5 Å². The second-order valence-corrected chi connectivity index (χ2v) is 8.46. The standard InChI is InChI=1S/C21H25NO3S2/c1-3-12-25-17-9-8-16(13-18(17)24-2)14-19-20(23)22(21(26)27-19)11-10-15-6-4-5-7-15/h3,8-9,13-15H,1,4-7,10-12H2,2H3. The zero-order chi connectivity index (χ0) is 19.2. The Labute approximate surface area is 170 Å². The Kier molecular flexibility index (Phi) is 6.96. The van der Waals surface area contributed by atoms with E-state index in [0.717, 1.165) is 24.4 Å². The van der Waals surface area contributed by atoms with Crippen LogP contribution in [0.25, 0.3) is 6.08 Å². The van der Waals surface area contributed by atoms with Gasteiger partial charge in [-0.1, -0.05) is 68.4 Å². The fourth-order valence-electron chi connectivity index (χ4n) is 3.50. The van der Waals surface area contributed by atoms with E-state index in [9.17, 15) is 4.79 Å². The van der Waals surface area contributed by atoms with Crippen LogP contribution < -0.4 is 9.47 Å². The summed E-state index contributed by atoms with van der Waals surface area (Å²) in [5, 5.41) is 0. The molecule has 1 aromatic rings. The van der Waals surface area contributed by atoms with E-state index in [2.05, 4.69) is 6.58 Å². The molecule has 1 saturated carbocycles. The lowest BCUT2D eigenvalue weighted by Gasteiger charge is -2.17. The lowest BCUT2D eigenvalue weighted by atomic mass is 10.0. The second-order valence-electron chi connectivity index (χ2n) is 6.78. The number of thioether (sulfide) groups is 1. The van der Waals surface area contributed by atoms with Gasteiger partial charge < -0.3 is 9.47 Å². The van der Waals surface area contributed by atoms with Gasteiger partial charge in [-0.25, -0.2) is 0 Å². The van der Waals surface area contributed by atoms with Crippen LogP contribution in [0.3, 0.4) is 0 Å². The lowest BCUT2D eigenvalue weighted by molar-refractivity contribution is -0.122. The van der Waals surface area contributed by atoms with Gasteiger partial charge in [-0.2, -0.15) is 0 Å². The molecule has 1 saturated heterocycles. The third kappa shape index (κ3) is 4.93. The highest BCUT2D eigenvalue weighted by Crippen LogP contribution is 2.36. The molecule has 0 bridgehead atoms. The van der Waals surface area contributed by atoms with Crippen molar-refractivity contribution in [3.05, 3.63) is 41.3 Å². The Morgan fingerprint density at radius 1 is 1.33 bits per heavy atom. The molecular weight excluding hydrogens is 378 g/mol. The van der Waals surface area contributed by atoms with E-state index in [4.69, 9.17) is 21.7 Å². The number of amides is 1. The molecule has 2 fully saturated rings. The molecule has 0 spiro atoms. The van der Waals surface area contributed by atoms with Gasteiger partial charge in [0.1, 0.15) is 10.9 Å². The number of ether oxygens (including phenoxy) is 2. The van der Waals surface area contributed by atoms with Crippen LogP contribution in [0.5, 0.6) is 11.5 Å². The largest absolute Gasteiger partial charge is 0.493 e. The molecule has 0 aromatic heterocycles. The van der Waals surface area contributed by atoms with Crippen molar-refractivity contribution in [1.82, 2.24) is 4.90 Å². The zero-order valence-electron chi connectivity index (χ0n) is 15.6. The van der Waals surface area contributed by atoms with Gasteiger partial charge in [0.25, 0.3) is 5.91 Å². The Morgan fingerprint density at radius 2 is 2.11 bits per heavy atom. The van der Waals surface area contributed by atoms with Gasteiger partial charge in [0.05, 0.1) is 12.0 Å². The van der Waals surface area contributed by atoms with Crippen molar-refractivity contribution in [2.45, 2.75) is 32.1 Å². The van der Waals surface area contributed by atoms with Crippen LogP contribution in [-0.4, -0.2) is 35.4 Å². The van der Waals surface area contributed by atoms with Crippen molar-refractivity contribution in [3.63, 3.8) is 0 Å². The molecule has 0 radical (unpaired) electrons. The third-order valence-corrected chi connectivity index (χ3v) is 6.33. The average molecular weight is 404 g/mol. The molecular formula is C21H25NO3S2. The molecule has 1 aliphatic heterocycles. The SMILES string of the molecule is C=CCOc1ccc(C=C2SC(=S)N(CCC3CCCC3)C2=O)cc1OC. The van der Waals surface area contributed by atoms with Crippen LogP contribution in [0, 0.1) is 5.92 Å². The third-order valence-electron chi connectivity index (χ3n) is 4.95. The van der Waals surface area contributed by atoms with Gasteiger partial charge in [0, 0.05) is 6.54 Å². The van der Waals surface area contributed by atoms with E-state index in [0.29, 0.717) is 27.3 Å². The monoisotopic (exact) mass is 403 g/mol. The van der Waals surface area contributed by atoms with E-state index >= 15 is 0 Å². The van der Waals surface area contributed by atoms with Crippen molar-refractivity contribution in [2.24, 2.45) is 5.92 Å². The molecule has 144 valence electrons. The minimum atomic E-state index is 0.00828. The number of hydrogen-bond donors (Lipinski definition) is 0. The van der Waals surface area contributed by atoms with Crippen molar-refractivity contribution >= 4 is 40.3 Å². The maximum atomic E-state index is 12.8. The fourth-order valence-corrected chi connectivity index (χ4v) is 4.81. The van der Waals surface area contributed by atoms with Crippen molar-refractivity contribution in [1.29, 1.82) is 0 Å². The van der Waals surface area contributed by atoms with Crippen LogP contribution in [0.2, 0.25) is 0 Å². The summed E-state index contributed by atoms with van der Waals surface area (Å²) >= 11 is 6.82. The summed E-state index contributed by atoms with van der Waals surface area (Å²) in [4.78, 5) is 15.2. The summed E-state index contributed by atoms with van der Waals surface area (Å²) < 4.78 is 11.6. The molecule has 1 aromatic carbocycles. The maximum Gasteiger partial charge on any atom is 0.266 e. The van der Waals surface area contributed by atoms with E-state index in [1.165, 1.54) is 37.4 Å². The summed E-state index contributed by atoms with van der Waals surface area (Å²) in [7, 11) is 1.60. The summed E-state index contributed by atoms with van der Waals surface area (Å²) in [5.74, 6) is 2.03. The number of nitrogens with zero attached hydrogens (tertiary/aromatic N) is 1. The molecule has 0 unspecified atom stereocenters. The quantitative estimate of drug-likeness (QED) is 0.345. The van der Waals surface area contributed by atoms with Crippen molar-refractivity contribution < 1.29 is 14.3 Å². The predicted molar refractivity (Wildman–Crippen MR) is 115 cm³/mol. The van der Waals surface area contributed by atoms with E-state index < -0.39 is 0 Å². The summed E-state index contributed by atoms with van der Waals surface area (Å²) in [6, 6.07) is 5.62. The first-order chi connectivity index (χ1) is 13.1. The molecule has 6 heteroatoms. The highest BCUT2D eigenvalue weighted by molar-refractivity contribution is 8.26. The summed E-state index contributed by atoms with van der Waals surface area (Å²) in [5.41, 5.74) is 0.883. The smallest absolute Gasteiger partial charge is 0.266 e. The Morgan fingerprint density at radius 3 is 2.81 bits per heavy atom. The molecule has 1 aliphatic carbocycles. The molecule has 4 nitrogen and oxygen atoms in total. The highest BCUT2D eigenvalue weighted by atomic mass is 32.2. The van der Waals surface area contributed by atoms with Gasteiger partial charge in [0.2, 0.25) is 0 Å². The number of hydrogen-bond acceptors (Lipinski definition) is 5. The normalized spacial score (nSPS) is 19.1. The molecule has 0 N–H and O–H groups in total. The van der Waals surface area contributed by atoms with Crippen LogP contribution in [-0.2, 0) is 4.79 Å². The zero-order valence-corrected chi connectivity index (χ0v) is 17.2. The van der Waals surface area contributed by atoms with Gasteiger partial charge in [0.15, 0.2) is 11.5 Å². The second kappa shape index (κ2) is 9.42. The first-order valence-corrected chi connectivity index (χ1v) is 10.5. The van der Waals surface area contributed by atoms with E-state index in [1.807, 2.05) is 24.3 Å². The van der Waals surface area contributed by atoms with Crippen LogP contribution in [0.4, 0.5) is 0 Å². The fraction of sp³-hybridized carbons (Fsp3) is 0.429. The Balaban J connectivity index is 1.69. The molecule has 27 heavy (non-hydrogen) atoms. The number of carbonyl (C=O) groups excluding carboxylic acids is 1. The van der Waals surface area contributed by atoms with Crippen molar-refractivity contribution in [2.75, 3.05) is 20.3 Å². The van der Waals surface area contributed by atoms with Gasteiger partial charge in [-0.3, -0.25) is 9.69 Å². The Hall–Kier alpha value is -1.79. The number of carbonyl (C=O) groups is 1. The lowest BCUT2D eigenvalue weighted by Crippen LogP contribution is -2.30. The summed E-state index contributed by atoms with van der Waals surface area (Å²) in [6.45, 7) is 4.79. The number of benzene rings is 1. The van der Waals surface area contributed by atoms with Gasteiger partial charge in [-0.05, 0) is 36.1 Å². The maximum absolute atomic E-state index is 12.8. The van der Waals surface area contributed by atoms with E-state index in [1.54, 1.807) is 18.1 Å². The minimum Gasteiger partial charge on any atom is -0.493 e. The highest BCUT2D eigenvalue weighted by Gasteiger charge is 2.32. The topological polar surface area (TPSA) is 38.8 Å². The van der Waals surface area contributed by atoms with Gasteiger partial charge >= 0.3 is 0 Å². The average Bonchev–Trinajstić information content (AvgIpc) is 3.28. The molecule has 2 aliphatic rings. The Bertz CT molecular complexity index is 754. The van der Waals surface area contributed by atoms with Crippen LogP contribution in [0.1, 0.15) is 37.7 Å². The van der Waals surface area contributed by atoms with Crippen LogP contribution >= 0.6 is 24.0 Å². The molecule has 3 rings (SSSR count). The summed E-state index contributed by atoms with van der Waals surface area (Å²) in [6.07, 6.45) is 9.80. The van der Waals surface area contributed by atoms with Gasteiger partial charge in [-0.15, -0.1) is 0 Å². The first-order valence-electron chi connectivity index (χ1n) is 9.29. The molecule has 1 heterocycles. The molecule has 1 amide bonds. The first kappa shape index (κ1) is 20.0. The van der Waals surface area contributed by atoms with Crippen LogP contribution in [0.15, 0.2) is 35.8 Å². The minimum absolute atomic E-state index is 0.00828.